The number of ether oxygens (including phenoxy) is 7. The lowest BCUT2D eigenvalue weighted by Crippen LogP contribution is -2.19. The van der Waals surface area contributed by atoms with Gasteiger partial charge in [0.1, 0.15) is 0 Å². The van der Waals surface area contributed by atoms with Crippen LogP contribution in [0.5, 0.6) is 0 Å². The molecule has 3 aromatic carbocycles. The Hall–Kier alpha value is -6.05. The second-order valence-corrected chi connectivity index (χ2v) is 15.4. The summed E-state index contributed by atoms with van der Waals surface area (Å²) in [6, 6.07) is 19.2. The number of esters is 7. The lowest BCUT2D eigenvalue weighted by Gasteiger charge is -2.11. The van der Waals surface area contributed by atoms with E-state index in [2.05, 4.69) is 32.4 Å². The van der Waals surface area contributed by atoms with Gasteiger partial charge in [-0.25, -0.2) is 33.6 Å². The molecule has 0 amide bonds. The molecule has 14 heteroatoms. The molecule has 0 aromatic heterocycles. The lowest BCUT2D eigenvalue weighted by atomic mass is 10.1. The Bertz CT molecular complexity index is 1790. The van der Waals surface area contributed by atoms with Crippen LogP contribution >= 0.6 is 0 Å². The van der Waals surface area contributed by atoms with Crippen molar-refractivity contribution in [2.45, 2.75) is 82.1 Å². The van der Waals surface area contributed by atoms with E-state index in [1.807, 2.05) is 27.7 Å². The fourth-order valence-electron chi connectivity index (χ4n) is 4.70. The van der Waals surface area contributed by atoms with E-state index in [9.17, 15) is 33.6 Å². The highest BCUT2D eigenvalue weighted by Gasteiger charge is 2.22. The molecule has 0 fully saturated rings. The number of carbonyl (C=O) groups excluding carboxylic acids is 7. The van der Waals surface area contributed by atoms with Crippen molar-refractivity contribution < 1.29 is 66.7 Å². The zero-order valence-electron chi connectivity index (χ0n) is 37.8. The number of rotatable bonds is 20. The van der Waals surface area contributed by atoms with Crippen molar-refractivity contribution in [3.05, 3.63) is 106 Å². The Morgan fingerprint density at radius 2 is 0.645 bits per heavy atom. The maximum atomic E-state index is 12.1. The summed E-state index contributed by atoms with van der Waals surface area (Å²) in [4.78, 5) is 82.8. The predicted molar refractivity (Wildman–Crippen MR) is 232 cm³/mol. The molecule has 340 valence electrons. The first-order valence-electron chi connectivity index (χ1n) is 20.9. The summed E-state index contributed by atoms with van der Waals surface area (Å²) in [5.74, 6) is -2.54. The molecular formula is C48H64O14. The van der Waals surface area contributed by atoms with Crippen LogP contribution in [0.25, 0.3) is 0 Å². The maximum Gasteiger partial charge on any atom is 0.344 e. The molecule has 0 unspecified atom stereocenters. The number of hydrogen-bond donors (Lipinski definition) is 0. The minimum atomic E-state index is -0.776. The van der Waals surface area contributed by atoms with Crippen LogP contribution in [0.4, 0.5) is 0 Å². The quantitative estimate of drug-likeness (QED) is 0.0774. The Labute approximate surface area is 365 Å². The van der Waals surface area contributed by atoms with Crippen molar-refractivity contribution >= 4 is 41.8 Å². The van der Waals surface area contributed by atoms with E-state index in [0.29, 0.717) is 38.3 Å². The third kappa shape index (κ3) is 21.5. The van der Waals surface area contributed by atoms with Crippen LogP contribution in [-0.2, 0) is 38.0 Å². The number of hydrogen-bond acceptors (Lipinski definition) is 14. The molecule has 0 aliphatic heterocycles. The SMILES string of the molecule is CC(C)CCOC(=O)c1ccccc1C(=O)OCCC(C)C.CC(C)COC(=O)c1ccccc1C(=O)OCC(C)C.CCOC(=O)COC(=O)c1ccccc1C(=O)OCC. The van der Waals surface area contributed by atoms with E-state index >= 15 is 0 Å². The van der Waals surface area contributed by atoms with E-state index in [1.54, 1.807) is 74.5 Å². The summed E-state index contributed by atoms with van der Waals surface area (Å²) in [5, 5.41) is 0. The van der Waals surface area contributed by atoms with Crippen molar-refractivity contribution in [3.8, 4) is 0 Å². The molecule has 0 N–H and O–H groups in total. The molecule has 0 saturated heterocycles. The van der Waals surface area contributed by atoms with Crippen LogP contribution in [0.1, 0.15) is 144 Å². The Balaban J connectivity index is 0.000000466. The smallest absolute Gasteiger partial charge is 0.344 e. The number of benzene rings is 3. The predicted octanol–water partition coefficient (Wildman–Crippen LogP) is 8.99. The third-order valence-corrected chi connectivity index (χ3v) is 7.95. The molecule has 14 nitrogen and oxygen atoms in total. The van der Waals surface area contributed by atoms with Gasteiger partial charge in [-0.05, 0) is 86.8 Å². The monoisotopic (exact) mass is 864 g/mol. The second kappa shape index (κ2) is 30.1. The van der Waals surface area contributed by atoms with Crippen LogP contribution in [0.15, 0.2) is 72.8 Å². The minimum absolute atomic E-state index is 0.0512. The van der Waals surface area contributed by atoms with Crippen molar-refractivity contribution in [2.75, 3.05) is 46.2 Å². The van der Waals surface area contributed by atoms with Crippen molar-refractivity contribution in [1.29, 1.82) is 0 Å². The van der Waals surface area contributed by atoms with Gasteiger partial charge in [0.05, 0.1) is 73.0 Å². The van der Waals surface area contributed by atoms with Crippen molar-refractivity contribution in [2.24, 2.45) is 23.7 Å². The van der Waals surface area contributed by atoms with Gasteiger partial charge in [-0.3, -0.25) is 0 Å². The molecule has 3 rings (SSSR count). The largest absolute Gasteiger partial charge is 0.463 e. The molecule has 0 atom stereocenters. The number of carbonyl (C=O) groups is 7. The standard InChI is InChI=1S/C18H26O4.C16H22O4.C14H16O6/c1-13(2)9-11-21-17(19)15-7-5-6-8-16(15)18(20)22-12-10-14(3)4;1-11(2)9-19-15(17)13-7-5-6-8-14(13)16(18)20-10-12(3)4;1-3-18-12(15)9-20-14(17)11-8-6-5-7-10(11)13(16)19-4-2/h5-8,13-14H,9-12H2,1-4H3;5-8,11-12H,9-10H2,1-4H3;5-8H,3-4,9H2,1-2H3. The van der Waals surface area contributed by atoms with Gasteiger partial charge in [0.15, 0.2) is 6.61 Å². The summed E-state index contributed by atoms with van der Waals surface area (Å²) in [6.07, 6.45) is 1.60. The van der Waals surface area contributed by atoms with Gasteiger partial charge in [0.25, 0.3) is 0 Å². The van der Waals surface area contributed by atoms with Crippen LogP contribution in [0.3, 0.4) is 0 Å². The van der Waals surface area contributed by atoms with E-state index in [0.717, 1.165) is 12.8 Å². The summed E-state index contributed by atoms with van der Waals surface area (Å²) in [6.45, 7) is 20.7. The average Bonchev–Trinajstić information content (AvgIpc) is 3.24. The van der Waals surface area contributed by atoms with Gasteiger partial charge in [0, 0.05) is 0 Å². The molecule has 0 saturated carbocycles. The highest BCUT2D eigenvalue weighted by atomic mass is 16.6. The fourth-order valence-corrected chi connectivity index (χ4v) is 4.70. The van der Waals surface area contributed by atoms with E-state index in [1.165, 1.54) is 12.1 Å². The normalized spacial score (nSPS) is 10.4. The molecule has 0 bridgehead atoms. The highest BCUT2D eigenvalue weighted by molar-refractivity contribution is 6.04. The summed E-state index contributed by atoms with van der Waals surface area (Å²) in [5.41, 5.74) is 1.18. The van der Waals surface area contributed by atoms with Crippen molar-refractivity contribution in [3.63, 3.8) is 0 Å². The van der Waals surface area contributed by atoms with Gasteiger partial charge in [-0.1, -0.05) is 91.8 Å². The Kier molecular flexibility index (Phi) is 26.2. The summed E-state index contributed by atoms with van der Waals surface area (Å²) < 4.78 is 35.0. The van der Waals surface area contributed by atoms with Crippen LogP contribution in [-0.4, -0.2) is 88.0 Å². The lowest BCUT2D eigenvalue weighted by molar-refractivity contribution is -0.146. The topological polar surface area (TPSA) is 184 Å². The fraction of sp³-hybridized carbons (Fsp3) is 0.479. The molecule has 3 aromatic rings. The van der Waals surface area contributed by atoms with Crippen molar-refractivity contribution in [1.82, 2.24) is 0 Å². The summed E-state index contributed by atoms with van der Waals surface area (Å²) >= 11 is 0. The Morgan fingerprint density at radius 3 is 0.919 bits per heavy atom. The molecule has 0 aliphatic rings. The van der Waals surface area contributed by atoms with Crippen LogP contribution in [0, 0.1) is 23.7 Å². The van der Waals surface area contributed by atoms with E-state index in [4.69, 9.17) is 28.4 Å². The van der Waals surface area contributed by atoms with Gasteiger partial charge in [0.2, 0.25) is 0 Å². The molecular weight excluding hydrogens is 801 g/mol. The average molecular weight is 865 g/mol. The van der Waals surface area contributed by atoms with Gasteiger partial charge in [-0.15, -0.1) is 0 Å². The van der Waals surface area contributed by atoms with E-state index < -0.39 is 48.4 Å². The first kappa shape index (κ1) is 54.0. The zero-order chi connectivity index (χ0) is 46.6. The maximum absolute atomic E-state index is 12.1. The summed E-state index contributed by atoms with van der Waals surface area (Å²) in [7, 11) is 0. The van der Waals surface area contributed by atoms with E-state index in [-0.39, 0.29) is 58.4 Å². The Morgan fingerprint density at radius 1 is 0.371 bits per heavy atom. The highest BCUT2D eigenvalue weighted by Crippen LogP contribution is 2.16. The minimum Gasteiger partial charge on any atom is -0.463 e. The molecule has 0 spiro atoms. The molecule has 0 aliphatic carbocycles. The van der Waals surface area contributed by atoms with Gasteiger partial charge < -0.3 is 33.2 Å². The van der Waals surface area contributed by atoms with Gasteiger partial charge in [-0.2, -0.15) is 0 Å². The van der Waals surface area contributed by atoms with Crippen LogP contribution in [0.2, 0.25) is 0 Å². The first-order valence-corrected chi connectivity index (χ1v) is 20.9. The third-order valence-electron chi connectivity index (χ3n) is 7.95. The van der Waals surface area contributed by atoms with Gasteiger partial charge >= 0.3 is 41.8 Å². The van der Waals surface area contributed by atoms with Crippen LogP contribution < -0.4 is 0 Å². The second-order valence-electron chi connectivity index (χ2n) is 15.4. The first-order chi connectivity index (χ1) is 29.4. The molecule has 0 heterocycles. The molecule has 0 radical (unpaired) electrons. The zero-order valence-corrected chi connectivity index (χ0v) is 37.8. The molecule has 62 heavy (non-hydrogen) atoms.